The fourth-order valence-electron chi connectivity index (χ4n) is 2.89. The van der Waals surface area contributed by atoms with E-state index in [1.165, 1.54) is 17.7 Å². The van der Waals surface area contributed by atoms with Crippen LogP contribution in [0.4, 0.5) is 17.1 Å². The van der Waals surface area contributed by atoms with E-state index in [2.05, 4.69) is 35.6 Å². The van der Waals surface area contributed by atoms with Crippen LogP contribution >= 0.6 is 0 Å². The molecule has 0 aromatic heterocycles. The number of likely N-dealkylation sites (N-methyl/N-ethyl adjacent to an activating group) is 1. The Hall–Kier alpha value is -2.95. The first kappa shape index (κ1) is 15.9. The van der Waals surface area contributed by atoms with Crippen LogP contribution in [0, 0.1) is 0 Å². The molecule has 3 rings (SSSR count). The molecule has 24 heavy (non-hydrogen) atoms. The number of azo groups is 1. The molecule has 0 unspecified atom stereocenters. The molecule has 0 amide bonds. The predicted octanol–water partition coefficient (Wildman–Crippen LogP) is 5.04. The van der Waals surface area contributed by atoms with E-state index in [-0.39, 0.29) is 11.0 Å². The topological polar surface area (TPSA) is 65.3 Å². The fraction of sp³-hybridized carbons (Fsp3) is 0.211. The van der Waals surface area contributed by atoms with Crippen molar-refractivity contribution >= 4 is 23.0 Å². The van der Waals surface area contributed by atoms with E-state index in [0.29, 0.717) is 5.69 Å². The quantitative estimate of drug-likeness (QED) is 0.805. The van der Waals surface area contributed by atoms with Crippen molar-refractivity contribution in [1.82, 2.24) is 0 Å². The molecule has 0 aliphatic carbocycles. The molecule has 1 N–H and O–H groups in total. The maximum absolute atomic E-state index is 10.8. The third kappa shape index (κ3) is 2.58. The first-order valence-corrected chi connectivity index (χ1v) is 7.63. The van der Waals surface area contributed by atoms with Crippen LogP contribution in [0.5, 0.6) is 0 Å². The Bertz CT molecular complexity index is 851. The molecule has 0 saturated heterocycles. The van der Waals surface area contributed by atoms with Crippen LogP contribution in [0.1, 0.15) is 29.8 Å². The number of nitrogens with zero attached hydrogens (tertiary/aromatic N) is 3. The summed E-state index contributed by atoms with van der Waals surface area (Å²) in [5.74, 6) is -0.955. The minimum absolute atomic E-state index is 0.140. The predicted molar refractivity (Wildman–Crippen MR) is 94.6 cm³/mol. The van der Waals surface area contributed by atoms with E-state index in [4.69, 9.17) is 5.11 Å². The molecular weight excluding hydrogens is 302 g/mol. The van der Waals surface area contributed by atoms with Gasteiger partial charge in [0.05, 0.1) is 16.9 Å². The summed E-state index contributed by atoms with van der Waals surface area (Å²) in [5, 5.41) is 17.4. The molecule has 5 heteroatoms. The van der Waals surface area contributed by atoms with Crippen LogP contribution < -0.4 is 4.90 Å². The van der Waals surface area contributed by atoms with Crippen molar-refractivity contribution in [1.29, 1.82) is 0 Å². The summed E-state index contributed by atoms with van der Waals surface area (Å²) in [7, 11) is 2.01. The number of hydrogen-bond donors (Lipinski definition) is 1. The van der Waals surface area contributed by atoms with Gasteiger partial charge in [0.1, 0.15) is 0 Å². The van der Waals surface area contributed by atoms with Crippen LogP contribution in [0.2, 0.25) is 0 Å². The third-order valence-electron chi connectivity index (χ3n) is 4.54. The van der Waals surface area contributed by atoms with Gasteiger partial charge in [-0.2, -0.15) is 10.2 Å². The molecule has 0 atom stereocenters. The highest BCUT2D eigenvalue weighted by Crippen LogP contribution is 2.47. The lowest BCUT2D eigenvalue weighted by Crippen LogP contribution is -2.21. The zero-order valence-corrected chi connectivity index (χ0v) is 13.9. The van der Waals surface area contributed by atoms with Gasteiger partial charge in [0.2, 0.25) is 0 Å². The summed E-state index contributed by atoms with van der Waals surface area (Å²) < 4.78 is 0. The van der Waals surface area contributed by atoms with Crippen molar-refractivity contribution in [3.05, 3.63) is 65.9 Å². The van der Waals surface area contributed by atoms with E-state index < -0.39 is 5.97 Å². The van der Waals surface area contributed by atoms with Crippen molar-refractivity contribution in [2.75, 3.05) is 11.9 Å². The van der Waals surface area contributed by atoms with Gasteiger partial charge in [0, 0.05) is 23.8 Å². The number of allylic oxidation sites excluding steroid dienone is 1. The van der Waals surface area contributed by atoms with Gasteiger partial charge in [-0.15, -0.1) is 0 Å². The molecule has 0 bridgehead atoms. The molecule has 2 aromatic rings. The number of hydrogen-bond acceptors (Lipinski definition) is 4. The van der Waals surface area contributed by atoms with Crippen LogP contribution in [0.25, 0.3) is 0 Å². The summed E-state index contributed by atoms with van der Waals surface area (Å²) in [6.45, 7) is 8.46. The summed E-state index contributed by atoms with van der Waals surface area (Å²) in [4.78, 5) is 12.9. The molecule has 0 saturated carbocycles. The van der Waals surface area contributed by atoms with Crippen LogP contribution in [-0.4, -0.2) is 18.1 Å². The second-order valence-electron chi connectivity index (χ2n) is 6.38. The fourth-order valence-corrected chi connectivity index (χ4v) is 2.89. The summed E-state index contributed by atoms with van der Waals surface area (Å²) in [6.07, 6.45) is 0. The van der Waals surface area contributed by atoms with Gasteiger partial charge in [-0.25, -0.2) is 4.79 Å². The zero-order chi connectivity index (χ0) is 17.5. The molecule has 1 aliphatic heterocycles. The maximum atomic E-state index is 10.8. The van der Waals surface area contributed by atoms with Gasteiger partial charge in [0.15, 0.2) is 0 Å². The Morgan fingerprint density at radius 3 is 2.29 bits per heavy atom. The van der Waals surface area contributed by atoms with E-state index in [1.54, 1.807) is 12.1 Å². The molecule has 1 heterocycles. The number of carbonyl (C=O) groups is 1. The van der Waals surface area contributed by atoms with Crippen molar-refractivity contribution in [2.45, 2.75) is 19.3 Å². The summed E-state index contributed by atoms with van der Waals surface area (Å²) in [5.41, 5.74) is 4.82. The number of carboxylic acid groups (broad SMARTS) is 1. The SMILES string of the molecule is C=C1N(C)c2ccc(N=Nc3ccc(C(=O)O)cc3)cc2C1(C)C. The normalized spacial score (nSPS) is 15.8. The van der Waals surface area contributed by atoms with E-state index in [9.17, 15) is 4.79 Å². The number of anilines is 1. The number of fused-ring (bicyclic) bond motifs is 1. The second kappa shape index (κ2) is 5.60. The van der Waals surface area contributed by atoms with E-state index >= 15 is 0 Å². The molecule has 2 aromatic carbocycles. The Labute approximate surface area is 141 Å². The first-order valence-electron chi connectivity index (χ1n) is 7.63. The van der Waals surface area contributed by atoms with E-state index in [1.807, 2.05) is 25.2 Å². The smallest absolute Gasteiger partial charge is 0.335 e. The summed E-state index contributed by atoms with van der Waals surface area (Å²) in [6, 6.07) is 12.3. The van der Waals surface area contributed by atoms with Gasteiger partial charge >= 0.3 is 5.97 Å². The van der Waals surface area contributed by atoms with Crippen molar-refractivity contribution in [3.63, 3.8) is 0 Å². The molecule has 122 valence electrons. The highest BCUT2D eigenvalue weighted by molar-refractivity contribution is 5.87. The van der Waals surface area contributed by atoms with Crippen LogP contribution in [0.15, 0.2) is 65.0 Å². The molecule has 5 nitrogen and oxygen atoms in total. The lowest BCUT2D eigenvalue weighted by molar-refractivity contribution is 0.0697. The molecule has 0 fully saturated rings. The average molecular weight is 321 g/mol. The molecule has 1 aliphatic rings. The highest BCUT2D eigenvalue weighted by Gasteiger charge is 2.37. The first-order chi connectivity index (χ1) is 11.3. The Kier molecular flexibility index (Phi) is 3.72. The number of benzene rings is 2. The lowest BCUT2D eigenvalue weighted by Gasteiger charge is -2.22. The molecular formula is C19H19N3O2. The van der Waals surface area contributed by atoms with Gasteiger partial charge in [-0.05, 0) is 48.0 Å². The van der Waals surface area contributed by atoms with Crippen molar-refractivity contribution < 1.29 is 9.90 Å². The van der Waals surface area contributed by atoms with Crippen molar-refractivity contribution in [2.24, 2.45) is 10.2 Å². The standard InChI is InChI=1S/C19H19N3O2/c1-12-19(2,3)16-11-15(9-10-17(16)22(12)4)21-20-14-7-5-13(6-8-14)18(23)24/h5-11H,1H2,2-4H3,(H,23,24). The van der Waals surface area contributed by atoms with Gasteiger partial charge < -0.3 is 10.0 Å². The van der Waals surface area contributed by atoms with Crippen molar-refractivity contribution in [3.8, 4) is 0 Å². The number of rotatable bonds is 3. The van der Waals surface area contributed by atoms with Crippen LogP contribution in [0.3, 0.4) is 0 Å². The number of aromatic carboxylic acids is 1. The zero-order valence-electron chi connectivity index (χ0n) is 13.9. The Morgan fingerprint density at radius 2 is 1.67 bits per heavy atom. The second-order valence-corrected chi connectivity index (χ2v) is 6.38. The largest absolute Gasteiger partial charge is 0.478 e. The van der Waals surface area contributed by atoms with E-state index in [0.717, 1.165) is 17.1 Å². The Morgan fingerprint density at radius 1 is 1.08 bits per heavy atom. The maximum Gasteiger partial charge on any atom is 0.335 e. The minimum Gasteiger partial charge on any atom is -0.478 e. The Balaban J connectivity index is 1.88. The van der Waals surface area contributed by atoms with Crippen LogP contribution in [-0.2, 0) is 5.41 Å². The number of carboxylic acids is 1. The summed E-state index contributed by atoms with van der Waals surface area (Å²) >= 11 is 0. The minimum atomic E-state index is -0.955. The highest BCUT2D eigenvalue weighted by atomic mass is 16.4. The third-order valence-corrected chi connectivity index (χ3v) is 4.54. The lowest BCUT2D eigenvalue weighted by atomic mass is 9.84. The average Bonchev–Trinajstić information content (AvgIpc) is 2.74. The van der Waals surface area contributed by atoms with Gasteiger partial charge in [0.25, 0.3) is 0 Å². The molecule has 0 spiro atoms. The van der Waals surface area contributed by atoms with Gasteiger partial charge in [-0.3, -0.25) is 0 Å². The monoisotopic (exact) mass is 321 g/mol. The molecule has 0 radical (unpaired) electrons. The van der Waals surface area contributed by atoms with Gasteiger partial charge in [-0.1, -0.05) is 20.4 Å².